The molecule has 3 heteroatoms. The molecule has 0 unspecified atom stereocenters. The molecule has 0 atom stereocenters. The van der Waals surface area contributed by atoms with Gasteiger partial charge in [0.2, 0.25) is 0 Å². The van der Waals surface area contributed by atoms with Gasteiger partial charge in [-0.25, -0.2) is 0 Å². The van der Waals surface area contributed by atoms with Gasteiger partial charge in [0.25, 0.3) is 0 Å². The Balaban J connectivity index is 2.56. The van der Waals surface area contributed by atoms with Crippen LogP contribution in [0.5, 0.6) is 0 Å². The van der Waals surface area contributed by atoms with Crippen molar-refractivity contribution in [2.75, 3.05) is 13.1 Å². The van der Waals surface area contributed by atoms with Crippen LogP contribution in [0.2, 0.25) is 0 Å². The SMILES string of the molecule is Cc1ccsc1CC(CN)CN. The van der Waals surface area contributed by atoms with Gasteiger partial charge in [-0.3, -0.25) is 0 Å². The fraction of sp³-hybridized carbons (Fsp3) is 0.556. The van der Waals surface area contributed by atoms with Crippen LogP contribution in [0, 0.1) is 12.8 Å². The van der Waals surface area contributed by atoms with E-state index >= 15 is 0 Å². The van der Waals surface area contributed by atoms with Gasteiger partial charge >= 0.3 is 0 Å². The van der Waals surface area contributed by atoms with Gasteiger partial charge in [0.15, 0.2) is 0 Å². The van der Waals surface area contributed by atoms with Crippen LogP contribution in [0.25, 0.3) is 0 Å². The first-order valence-electron chi connectivity index (χ1n) is 4.21. The molecule has 0 fully saturated rings. The highest BCUT2D eigenvalue weighted by Crippen LogP contribution is 2.18. The van der Waals surface area contributed by atoms with Crippen LogP contribution in [0.4, 0.5) is 0 Å². The summed E-state index contributed by atoms with van der Waals surface area (Å²) in [5.41, 5.74) is 12.5. The van der Waals surface area contributed by atoms with E-state index in [1.165, 1.54) is 10.4 Å². The molecule has 0 saturated heterocycles. The molecule has 1 rings (SSSR count). The van der Waals surface area contributed by atoms with Gasteiger partial charge in [-0.1, -0.05) is 0 Å². The van der Waals surface area contributed by atoms with E-state index in [4.69, 9.17) is 11.5 Å². The molecular formula is C9H16N2S. The van der Waals surface area contributed by atoms with Crippen LogP contribution in [0.1, 0.15) is 10.4 Å². The maximum absolute atomic E-state index is 5.57. The summed E-state index contributed by atoms with van der Waals surface area (Å²) >= 11 is 1.80. The highest BCUT2D eigenvalue weighted by Gasteiger charge is 2.07. The van der Waals surface area contributed by atoms with Gasteiger partial charge < -0.3 is 11.5 Å². The number of hydrogen-bond donors (Lipinski definition) is 2. The van der Waals surface area contributed by atoms with E-state index in [2.05, 4.69) is 18.4 Å². The normalized spacial score (nSPS) is 11.0. The van der Waals surface area contributed by atoms with E-state index in [9.17, 15) is 0 Å². The Bertz CT molecular complexity index is 228. The Labute approximate surface area is 77.6 Å². The third kappa shape index (κ3) is 2.30. The number of hydrogen-bond acceptors (Lipinski definition) is 3. The maximum Gasteiger partial charge on any atom is 0.00781 e. The molecule has 0 spiro atoms. The Morgan fingerprint density at radius 2 is 2.08 bits per heavy atom. The van der Waals surface area contributed by atoms with Crippen LogP contribution in [-0.4, -0.2) is 13.1 Å². The second-order valence-electron chi connectivity index (χ2n) is 3.07. The van der Waals surface area contributed by atoms with Crippen molar-refractivity contribution in [2.24, 2.45) is 17.4 Å². The summed E-state index contributed by atoms with van der Waals surface area (Å²) in [6.07, 6.45) is 1.04. The lowest BCUT2D eigenvalue weighted by Crippen LogP contribution is -2.24. The summed E-state index contributed by atoms with van der Waals surface area (Å²) in [5.74, 6) is 0.447. The van der Waals surface area contributed by atoms with E-state index in [1.807, 2.05) is 0 Å². The zero-order valence-corrected chi connectivity index (χ0v) is 8.23. The molecule has 12 heavy (non-hydrogen) atoms. The maximum atomic E-state index is 5.57. The predicted molar refractivity (Wildman–Crippen MR) is 54.4 cm³/mol. The van der Waals surface area contributed by atoms with E-state index < -0.39 is 0 Å². The first-order chi connectivity index (χ1) is 5.77. The highest BCUT2D eigenvalue weighted by molar-refractivity contribution is 7.10. The summed E-state index contributed by atoms with van der Waals surface area (Å²) in [6.45, 7) is 3.51. The van der Waals surface area contributed by atoms with Crippen LogP contribution in [-0.2, 0) is 6.42 Å². The van der Waals surface area contributed by atoms with Crippen LogP contribution in [0.15, 0.2) is 11.4 Å². The van der Waals surface area contributed by atoms with Crippen molar-refractivity contribution in [3.63, 3.8) is 0 Å². The molecule has 0 aliphatic rings. The average Bonchev–Trinajstić information content (AvgIpc) is 2.47. The van der Waals surface area contributed by atoms with Crippen molar-refractivity contribution < 1.29 is 0 Å². The Hall–Kier alpha value is -0.380. The molecule has 68 valence electrons. The summed E-state index contributed by atoms with van der Waals surface area (Å²) in [4.78, 5) is 1.43. The van der Waals surface area contributed by atoms with Crippen molar-refractivity contribution in [1.29, 1.82) is 0 Å². The third-order valence-electron chi connectivity index (χ3n) is 2.11. The third-order valence-corrected chi connectivity index (χ3v) is 3.15. The predicted octanol–water partition coefficient (Wildman–Crippen LogP) is 1.13. The second kappa shape index (κ2) is 4.60. The fourth-order valence-electron chi connectivity index (χ4n) is 1.14. The van der Waals surface area contributed by atoms with Crippen molar-refractivity contribution >= 4 is 11.3 Å². The number of aryl methyl sites for hydroxylation is 1. The summed E-state index contributed by atoms with van der Waals surface area (Å²) < 4.78 is 0. The number of rotatable bonds is 4. The first-order valence-corrected chi connectivity index (χ1v) is 5.09. The topological polar surface area (TPSA) is 52.0 Å². The molecule has 0 aliphatic carbocycles. The minimum atomic E-state index is 0.447. The van der Waals surface area contributed by atoms with Crippen LogP contribution >= 0.6 is 11.3 Å². The Morgan fingerprint density at radius 3 is 2.50 bits per heavy atom. The molecule has 1 aromatic rings. The highest BCUT2D eigenvalue weighted by atomic mass is 32.1. The molecule has 1 heterocycles. The van der Waals surface area contributed by atoms with Gasteiger partial charge in [0.05, 0.1) is 0 Å². The molecule has 0 aromatic carbocycles. The summed E-state index contributed by atoms with van der Waals surface area (Å²) in [5, 5.41) is 2.12. The van der Waals surface area contributed by atoms with Gasteiger partial charge in [0, 0.05) is 4.88 Å². The monoisotopic (exact) mass is 184 g/mol. The van der Waals surface area contributed by atoms with E-state index in [0.717, 1.165) is 6.42 Å². The molecule has 1 aromatic heterocycles. The summed E-state index contributed by atoms with van der Waals surface area (Å²) in [7, 11) is 0. The van der Waals surface area contributed by atoms with Crippen molar-refractivity contribution in [3.05, 3.63) is 21.9 Å². The summed E-state index contributed by atoms with van der Waals surface area (Å²) in [6, 6.07) is 2.14. The lowest BCUT2D eigenvalue weighted by molar-refractivity contribution is 0.551. The van der Waals surface area contributed by atoms with Crippen LogP contribution in [0.3, 0.4) is 0 Å². The molecule has 2 nitrogen and oxygen atoms in total. The molecular weight excluding hydrogens is 168 g/mol. The molecule has 0 aliphatic heterocycles. The van der Waals surface area contributed by atoms with Gasteiger partial charge in [0.1, 0.15) is 0 Å². The zero-order valence-electron chi connectivity index (χ0n) is 7.42. The molecule has 0 radical (unpaired) electrons. The molecule has 0 bridgehead atoms. The van der Waals surface area contributed by atoms with Crippen molar-refractivity contribution in [3.8, 4) is 0 Å². The smallest absolute Gasteiger partial charge is 0.00781 e. The van der Waals surface area contributed by atoms with E-state index in [1.54, 1.807) is 11.3 Å². The largest absolute Gasteiger partial charge is 0.330 e. The minimum Gasteiger partial charge on any atom is -0.330 e. The zero-order chi connectivity index (χ0) is 8.97. The Morgan fingerprint density at radius 1 is 1.42 bits per heavy atom. The standard InChI is InChI=1S/C9H16N2S/c1-7-2-3-12-9(7)4-8(5-10)6-11/h2-3,8H,4-6,10-11H2,1H3. The molecule has 4 N–H and O–H groups in total. The first kappa shape index (κ1) is 9.71. The second-order valence-corrected chi connectivity index (χ2v) is 4.07. The Kier molecular flexibility index (Phi) is 3.72. The van der Waals surface area contributed by atoms with Crippen molar-refractivity contribution in [1.82, 2.24) is 0 Å². The van der Waals surface area contributed by atoms with E-state index in [-0.39, 0.29) is 0 Å². The lowest BCUT2D eigenvalue weighted by atomic mass is 10.0. The molecule has 0 amide bonds. The average molecular weight is 184 g/mol. The van der Waals surface area contributed by atoms with Crippen LogP contribution < -0.4 is 11.5 Å². The van der Waals surface area contributed by atoms with Gasteiger partial charge in [-0.15, -0.1) is 11.3 Å². The van der Waals surface area contributed by atoms with E-state index in [0.29, 0.717) is 19.0 Å². The lowest BCUT2D eigenvalue weighted by Gasteiger charge is -2.10. The van der Waals surface area contributed by atoms with Gasteiger partial charge in [-0.05, 0) is 49.4 Å². The number of thiophene rings is 1. The van der Waals surface area contributed by atoms with Gasteiger partial charge in [-0.2, -0.15) is 0 Å². The quantitative estimate of drug-likeness (QED) is 0.737. The number of nitrogens with two attached hydrogens (primary N) is 2. The minimum absolute atomic E-state index is 0.447. The van der Waals surface area contributed by atoms with Crippen molar-refractivity contribution in [2.45, 2.75) is 13.3 Å². The fourth-order valence-corrected chi connectivity index (χ4v) is 2.16. The molecule has 0 saturated carbocycles.